The lowest BCUT2D eigenvalue weighted by Gasteiger charge is -2.42. The second kappa shape index (κ2) is 12.1. The SMILES string of the molecule is CC(=O)OC1C=CC(C)=CC(NC(=O)C(C)=O)C2(C)C(=O)OC(CC(O)C=CC(C)=CC1)C(C)C2=O. The fourth-order valence-corrected chi connectivity index (χ4v) is 4.14. The van der Waals surface area contributed by atoms with Crippen LogP contribution in [-0.2, 0) is 33.4 Å². The summed E-state index contributed by atoms with van der Waals surface area (Å²) in [5, 5.41) is 13.0. The van der Waals surface area contributed by atoms with E-state index < -0.39 is 65.1 Å². The van der Waals surface area contributed by atoms with Crippen LogP contribution >= 0.6 is 0 Å². The van der Waals surface area contributed by atoms with Gasteiger partial charge < -0.3 is 19.9 Å². The number of carbonyl (C=O) groups excluding carboxylic acids is 5. The molecule has 9 heteroatoms. The summed E-state index contributed by atoms with van der Waals surface area (Å²) in [6, 6.07) is -1.18. The van der Waals surface area contributed by atoms with Gasteiger partial charge in [-0.2, -0.15) is 0 Å². The van der Waals surface area contributed by atoms with Crippen molar-refractivity contribution < 1.29 is 38.6 Å². The number of esters is 2. The van der Waals surface area contributed by atoms with Crippen molar-refractivity contribution in [2.75, 3.05) is 0 Å². The molecular formula is C27H35NO8. The molecule has 6 unspecified atom stereocenters. The van der Waals surface area contributed by atoms with Gasteiger partial charge in [-0.05, 0) is 26.8 Å². The third-order valence-electron chi connectivity index (χ3n) is 6.44. The van der Waals surface area contributed by atoms with Crippen LogP contribution in [0.3, 0.4) is 0 Å². The van der Waals surface area contributed by atoms with Crippen LogP contribution in [0, 0.1) is 11.3 Å². The van der Waals surface area contributed by atoms with E-state index in [0.29, 0.717) is 12.0 Å². The van der Waals surface area contributed by atoms with Crippen molar-refractivity contribution in [1.29, 1.82) is 0 Å². The van der Waals surface area contributed by atoms with Gasteiger partial charge in [-0.15, -0.1) is 0 Å². The second-order valence-electron chi connectivity index (χ2n) is 9.57. The van der Waals surface area contributed by atoms with Gasteiger partial charge in [0.1, 0.15) is 17.6 Å². The number of hydrogen-bond donors (Lipinski definition) is 2. The molecule has 1 aliphatic carbocycles. The average molecular weight is 502 g/mol. The summed E-state index contributed by atoms with van der Waals surface area (Å²) in [6.45, 7) is 8.89. The Balaban J connectivity index is 2.62. The van der Waals surface area contributed by atoms with E-state index in [1.165, 1.54) is 19.9 Å². The fraction of sp³-hybridized carbons (Fsp3) is 0.519. The van der Waals surface area contributed by atoms with Crippen LogP contribution in [0.15, 0.2) is 47.6 Å². The van der Waals surface area contributed by atoms with Crippen LogP contribution in [0.4, 0.5) is 0 Å². The molecule has 0 aromatic carbocycles. The molecule has 1 amide bonds. The van der Waals surface area contributed by atoms with Gasteiger partial charge in [0.25, 0.3) is 5.91 Å². The summed E-state index contributed by atoms with van der Waals surface area (Å²) in [7, 11) is 0. The number of rotatable bonds is 3. The first-order valence-electron chi connectivity index (χ1n) is 11.9. The van der Waals surface area contributed by atoms with Gasteiger partial charge >= 0.3 is 11.9 Å². The molecule has 0 saturated carbocycles. The molecule has 9 nitrogen and oxygen atoms in total. The Hall–Kier alpha value is -3.33. The first-order chi connectivity index (χ1) is 16.7. The Morgan fingerprint density at radius 3 is 2.36 bits per heavy atom. The lowest BCUT2D eigenvalue weighted by molar-refractivity contribution is -0.181. The van der Waals surface area contributed by atoms with E-state index in [0.717, 1.165) is 12.5 Å². The van der Waals surface area contributed by atoms with E-state index >= 15 is 0 Å². The van der Waals surface area contributed by atoms with Crippen molar-refractivity contribution in [2.24, 2.45) is 11.3 Å². The lowest BCUT2D eigenvalue weighted by Crippen LogP contribution is -2.61. The standard InChI is InChI=1S/C27H35NO8/c1-15-7-10-20(31)14-22-17(3)24(32)27(6,26(34)36-22)23(28-25(33)18(4)29)13-16(2)9-12-21(11-8-15)35-19(5)30/h7-10,12-13,17,20-23,31H,11,14H2,1-6H3,(H,28,33). The van der Waals surface area contributed by atoms with Gasteiger partial charge in [-0.3, -0.25) is 24.0 Å². The monoisotopic (exact) mass is 501 g/mol. The van der Waals surface area contributed by atoms with Crippen molar-refractivity contribution in [2.45, 2.75) is 78.7 Å². The molecule has 0 radical (unpaired) electrons. The van der Waals surface area contributed by atoms with E-state index in [1.54, 1.807) is 38.2 Å². The number of aliphatic hydroxyl groups excluding tert-OH is 1. The molecule has 0 aromatic heterocycles. The van der Waals surface area contributed by atoms with E-state index in [2.05, 4.69) is 5.32 Å². The maximum Gasteiger partial charge on any atom is 0.322 e. The molecule has 6 atom stereocenters. The first-order valence-corrected chi connectivity index (χ1v) is 11.9. The summed E-state index contributed by atoms with van der Waals surface area (Å²) in [6.07, 6.45) is 7.84. The number of carbonyl (C=O) groups is 5. The molecule has 36 heavy (non-hydrogen) atoms. The first kappa shape index (κ1) is 28.9. The number of Topliss-reactive ketones (excluding diaryl/α,β-unsaturated/α-hetero) is 2. The summed E-state index contributed by atoms with van der Waals surface area (Å²) in [5.41, 5.74) is -0.434. The molecule has 0 aromatic rings. The number of nitrogens with one attached hydrogen (secondary N) is 1. The van der Waals surface area contributed by atoms with Crippen molar-refractivity contribution in [3.8, 4) is 0 Å². The highest BCUT2D eigenvalue weighted by molar-refractivity contribution is 6.35. The molecule has 0 spiro atoms. The van der Waals surface area contributed by atoms with Crippen LogP contribution in [0.5, 0.6) is 0 Å². The topological polar surface area (TPSA) is 136 Å². The maximum atomic E-state index is 13.5. The van der Waals surface area contributed by atoms with Crippen LogP contribution in [0.1, 0.15) is 54.4 Å². The molecule has 3 aliphatic rings. The average Bonchev–Trinajstić information content (AvgIpc) is 2.80. The van der Waals surface area contributed by atoms with Crippen LogP contribution in [0.25, 0.3) is 0 Å². The number of amides is 1. The van der Waals surface area contributed by atoms with Gasteiger partial charge in [0, 0.05) is 26.7 Å². The van der Waals surface area contributed by atoms with Gasteiger partial charge in [-0.1, -0.05) is 48.5 Å². The zero-order valence-electron chi connectivity index (χ0n) is 21.6. The van der Waals surface area contributed by atoms with Crippen LogP contribution < -0.4 is 5.32 Å². The highest BCUT2D eigenvalue weighted by Gasteiger charge is 2.56. The smallest absolute Gasteiger partial charge is 0.322 e. The van der Waals surface area contributed by atoms with E-state index in [9.17, 15) is 29.1 Å². The molecule has 2 N–H and O–H groups in total. The second-order valence-corrected chi connectivity index (χ2v) is 9.57. The molecule has 1 fully saturated rings. The van der Waals surface area contributed by atoms with E-state index in [-0.39, 0.29) is 6.42 Å². The summed E-state index contributed by atoms with van der Waals surface area (Å²) in [5.74, 6) is -4.29. The lowest BCUT2D eigenvalue weighted by atomic mass is 9.69. The Bertz CT molecular complexity index is 1040. The van der Waals surface area contributed by atoms with Crippen molar-refractivity contribution in [1.82, 2.24) is 5.32 Å². The summed E-state index contributed by atoms with van der Waals surface area (Å²) in [4.78, 5) is 62.3. The van der Waals surface area contributed by atoms with Crippen LogP contribution in [0.2, 0.25) is 0 Å². The maximum absolute atomic E-state index is 13.5. The predicted molar refractivity (Wildman–Crippen MR) is 131 cm³/mol. The Morgan fingerprint density at radius 2 is 1.75 bits per heavy atom. The quantitative estimate of drug-likeness (QED) is 0.342. The number of ketones is 2. The Kier molecular flexibility index (Phi) is 9.69. The van der Waals surface area contributed by atoms with E-state index in [1.807, 2.05) is 13.0 Å². The van der Waals surface area contributed by atoms with Gasteiger partial charge in [0.2, 0.25) is 5.78 Å². The molecule has 2 bridgehead atoms. The number of hydrogen-bond acceptors (Lipinski definition) is 8. The number of ether oxygens (including phenoxy) is 2. The van der Waals surface area contributed by atoms with Gasteiger partial charge in [-0.25, -0.2) is 0 Å². The van der Waals surface area contributed by atoms with Crippen LogP contribution in [-0.4, -0.2) is 58.9 Å². The fourth-order valence-electron chi connectivity index (χ4n) is 4.14. The Labute approximate surface area is 211 Å². The molecule has 196 valence electrons. The molecule has 1 saturated heterocycles. The highest BCUT2D eigenvalue weighted by atomic mass is 16.6. The largest absolute Gasteiger partial charge is 0.461 e. The summed E-state index contributed by atoms with van der Waals surface area (Å²) < 4.78 is 11.0. The zero-order chi connectivity index (χ0) is 27.2. The number of allylic oxidation sites excluding steroid dienone is 4. The number of aliphatic hydroxyl groups is 1. The number of fused-ring (bicyclic) bond motifs is 10. The predicted octanol–water partition coefficient (Wildman–Crippen LogP) is 2.29. The third-order valence-corrected chi connectivity index (χ3v) is 6.44. The Morgan fingerprint density at radius 1 is 1.11 bits per heavy atom. The summed E-state index contributed by atoms with van der Waals surface area (Å²) >= 11 is 0. The molecule has 3 rings (SSSR count). The minimum atomic E-state index is -1.81. The van der Waals surface area contributed by atoms with Gasteiger partial charge in [0.15, 0.2) is 5.78 Å². The van der Waals surface area contributed by atoms with Crippen molar-refractivity contribution in [3.05, 3.63) is 47.6 Å². The highest BCUT2D eigenvalue weighted by Crippen LogP contribution is 2.38. The van der Waals surface area contributed by atoms with Gasteiger partial charge in [0.05, 0.1) is 18.1 Å². The minimum absolute atomic E-state index is 0.00940. The third kappa shape index (κ3) is 7.10. The minimum Gasteiger partial charge on any atom is -0.461 e. The normalized spacial score (nSPS) is 31.6. The molecule has 2 aliphatic heterocycles. The molecule has 2 heterocycles. The van der Waals surface area contributed by atoms with Crippen molar-refractivity contribution in [3.63, 3.8) is 0 Å². The van der Waals surface area contributed by atoms with Crippen molar-refractivity contribution >= 4 is 29.4 Å². The zero-order valence-corrected chi connectivity index (χ0v) is 21.6. The van der Waals surface area contributed by atoms with E-state index in [4.69, 9.17) is 9.47 Å². The molecular weight excluding hydrogens is 466 g/mol.